The van der Waals surface area contributed by atoms with E-state index in [4.69, 9.17) is 24.0 Å². The summed E-state index contributed by atoms with van der Waals surface area (Å²) in [7, 11) is 3.35. The molecule has 0 bridgehead atoms. The highest BCUT2D eigenvalue weighted by Crippen LogP contribution is 2.34. The Morgan fingerprint density at radius 1 is 1.22 bits per heavy atom. The van der Waals surface area contributed by atoms with Gasteiger partial charge in [0.05, 0.1) is 36.9 Å². The number of benzene rings is 1. The Labute approximate surface area is 218 Å². The van der Waals surface area contributed by atoms with Gasteiger partial charge in [-0.15, -0.1) is 0 Å². The molecule has 0 radical (unpaired) electrons. The first-order valence-corrected chi connectivity index (χ1v) is 13.0. The van der Waals surface area contributed by atoms with Crippen molar-refractivity contribution in [2.45, 2.75) is 77.8 Å². The molecule has 1 atom stereocenters. The summed E-state index contributed by atoms with van der Waals surface area (Å²) < 4.78 is 24.3. The molecule has 2 heterocycles. The van der Waals surface area contributed by atoms with Gasteiger partial charge < -0.3 is 28.7 Å². The quantitative estimate of drug-likeness (QED) is 0.471. The van der Waals surface area contributed by atoms with Gasteiger partial charge in [0.25, 0.3) is 5.91 Å². The highest BCUT2D eigenvalue weighted by atomic mass is 16.6. The lowest BCUT2D eigenvalue weighted by molar-refractivity contribution is -0.150. The van der Waals surface area contributed by atoms with E-state index in [1.165, 1.54) is 0 Å². The maximum Gasteiger partial charge on any atom is 0.410 e. The second kappa shape index (κ2) is 11.3. The summed E-state index contributed by atoms with van der Waals surface area (Å²) in [6, 6.07) is 4.26. The normalized spacial score (nSPS) is 18.2. The van der Waals surface area contributed by atoms with Gasteiger partial charge in [-0.1, -0.05) is 0 Å². The van der Waals surface area contributed by atoms with Crippen molar-refractivity contribution in [3.05, 3.63) is 23.4 Å². The summed E-state index contributed by atoms with van der Waals surface area (Å²) in [6.07, 6.45) is 1.64. The van der Waals surface area contributed by atoms with Crippen molar-refractivity contribution in [3.8, 4) is 5.75 Å². The van der Waals surface area contributed by atoms with Gasteiger partial charge in [0.1, 0.15) is 11.4 Å². The topological polar surface area (TPSA) is 95.4 Å². The zero-order valence-electron chi connectivity index (χ0n) is 22.9. The lowest BCUT2D eigenvalue weighted by Crippen LogP contribution is -2.53. The fourth-order valence-electron chi connectivity index (χ4n) is 4.74. The molecule has 2 amide bonds. The molecule has 1 aliphatic carbocycles. The molecule has 2 aromatic rings. The van der Waals surface area contributed by atoms with E-state index in [2.05, 4.69) is 6.07 Å². The van der Waals surface area contributed by atoms with Crippen LogP contribution in [0.1, 0.15) is 51.3 Å². The number of aromatic nitrogens is 2. The second-order valence-corrected chi connectivity index (χ2v) is 10.8. The first-order chi connectivity index (χ1) is 17.6. The van der Waals surface area contributed by atoms with Gasteiger partial charge in [0, 0.05) is 39.4 Å². The van der Waals surface area contributed by atoms with Crippen molar-refractivity contribution in [1.82, 2.24) is 19.6 Å². The number of morpholine rings is 1. The number of hydrogen-bond donors (Lipinski definition) is 0. The van der Waals surface area contributed by atoms with E-state index >= 15 is 0 Å². The smallest absolute Gasteiger partial charge is 0.410 e. The van der Waals surface area contributed by atoms with Crippen LogP contribution in [0.5, 0.6) is 5.75 Å². The molecule has 2 aliphatic rings. The Balaban J connectivity index is 1.54. The third-order valence-corrected chi connectivity index (χ3v) is 6.61. The average Bonchev–Trinajstić information content (AvgIpc) is 3.65. The third kappa shape index (κ3) is 6.54. The Bertz CT molecular complexity index is 1120. The van der Waals surface area contributed by atoms with Crippen LogP contribution in [0.25, 0.3) is 10.9 Å². The molecule has 204 valence electrons. The van der Waals surface area contributed by atoms with E-state index in [0.29, 0.717) is 26.3 Å². The number of ether oxygens (including phenoxy) is 4. The Morgan fingerprint density at radius 2 is 1.97 bits per heavy atom. The standard InChI is InChI=1S/C27H40N4O6/c1-18-24-21(31(28-18)10-7-12-34-5)14-19(15-22(24)35-6)16-30(20-8-9-20)25(32)23-17-29(11-13-36-23)26(33)37-27(2,3)4/h14-15,20,23H,7-13,16-17H2,1-6H3/t23-/m1/s1. The zero-order valence-corrected chi connectivity index (χ0v) is 22.9. The van der Waals surface area contributed by atoms with Gasteiger partial charge in [0.15, 0.2) is 6.10 Å². The number of amides is 2. The van der Waals surface area contributed by atoms with Crippen molar-refractivity contribution < 1.29 is 28.5 Å². The molecule has 37 heavy (non-hydrogen) atoms. The summed E-state index contributed by atoms with van der Waals surface area (Å²) in [5.41, 5.74) is 2.26. The van der Waals surface area contributed by atoms with Crippen LogP contribution in [0.3, 0.4) is 0 Å². The number of fused-ring (bicyclic) bond motifs is 1. The highest BCUT2D eigenvalue weighted by molar-refractivity contribution is 5.89. The van der Waals surface area contributed by atoms with E-state index < -0.39 is 17.8 Å². The zero-order chi connectivity index (χ0) is 26.7. The van der Waals surface area contributed by atoms with Crippen LogP contribution < -0.4 is 4.74 Å². The minimum Gasteiger partial charge on any atom is -0.496 e. The Kier molecular flexibility index (Phi) is 8.28. The first kappa shape index (κ1) is 27.2. The molecule has 10 nitrogen and oxygen atoms in total. The van der Waals surface area contributed by atoms with Crippen LogP contribution in [0.4, 0.5) is 4.79 Å². The maximum absolute atomic E-state index is 13.7. The molecule has 1 aromatic carbocycles. The largest absolute Gasteiger partial charge is 0.496 e. The van der Waals surface area contributed by atoms with Crippen LogP contribution in [0, 0.1) is 6.92 Å². The van der Waals surface area contributed by atoms with Crippen molar-refractivity contribution in [1.29, 1.82) is 0 Å². The molecule has 0 N–H and O–H groups in total. The van der Waals surface area contributed by atoms with E-state index in [1.54, 1.807) is 19.1 Å². The number of rotatable bonds is 9. The Hall–Kier alpha value is -2.85. The lowest BCUT2D eigenvalue weighted by atomic mass is 10.1. The van der Waals surface area contributed by atoms with E-state index in [-0.39, 0.29) is 18.5 Å². The van der Waals surface area contributed by atoms with E-state index in [0.717, 1.165) is 53.7 Å². The number of methoxy groups -OCH3 is 2. The third-order valence-electron chi connectivity index (χ3n) is 6.61. The molecule has 1 saturated heterocycles. The molecular formula is C27H40N4O6. The van der Waals surface area contributed by atoms with Gasteiger partial charge in [-0.25, -0.2) is 4.79 Å². The number of nitrogens with zero attached hydrogens (tertiary/aromatic N) is 4. The fourth-order valence-corrected chi connectivity index (χ4v) is 4.74. The molecular weight excluding hydrogens is 476 g/mol. The van der Waals surface area contributed by atoms with Gasteiger partial charge in [-0.2, -0.15) is 5.10 Å². The summed E-state index contributed by atoms with van der Waals surface area (Å²) >= 11 is 0. The van der Waals surface area contributed by atoms with Crippen molar-refractivity contribution in [2.24, 2.45) is 0 Å². The number of carbonyl (C=O) groups excluding carboxylic acids is 2. The molecule has 1 aromatic heterocycles. The summed E-state index contributed by atoms with van der Waals surface area (Å²) in [4.78, 5) is 29.7. The fraction of sp³-hybridized carbons (Fsp3) is 0.667. The molecule has 0 spiro atoms. The molecule has 2 fully saturated rings. The molecule has 1 saturated carbocycles. The number of hydrogen-bond acceptors (Lipinski definition) is 7. The van der Waals surface area contributed by atoms with Gasteiger partial charge in [-0.3, -0.25) is 9.48 Å². The molecule has 1 aliphatic heterocycles. The Morgan fingerprint density at radius 3 is 2.62 bits per heavy atom. The minimum absolute atomic E-state index is 0.0976. The predicted octanol–water partition coefficient (Wildman–Crippen LogP) is 3.52. The minimum atomic E-state index is -0.714. The van der Waals surface area contributed by atoms with Crippen molar-refractivity contribution >= 4 is 22.9 Å². The SMILES string of the molecule is COCCCn1nc(C)c2c(OC)cc(CN(C(=O)[C@H]3CN(C(=O)OC(C)(C)C)CCO3)C3CC3)cc21. The van der Waals surface area contributed by atoms with Crippen molar-refractivity contribution in [3.63, 3.8) is 0 Å². The van der Waals surface area contributed by atoms with Crippen LogP contribution >= 0.6 is 0 Å². The summed E-state index contributed by atoms with van der Waals surface area (Å²) in [5, 5.41) is 5.71. The predicted molar refractivity (Wildman–Crippen MR) is 139 cm³/mol. The van der Waals surface area contributed by atoms with Gasteiger partial charge in [-0.05, 0) is 64.7 Å². The van der Waals surface area contributed by atoms with E-state index in [1.807, 2.05) is 43.3 Å². The monoisotopic (exact) mass is 516 g/mol. The van der Waals surface area contributed by atoms with Crippen LogP contribution in [0.15, 0.2) is 12.1 Å². The molecule has 10 heteroatoms. The van der Waals surface area contributed by atoms with Crippen LogP contribution in [-0.2, 0) is 32.1 Å². The number of carbonyl (C=O) groups is 2. The van der Waals surface area contributed by atoms with Crippen LogP contribution in [-0.4, -0.2) is 89.9 Å². The van der Waals surface area contributed by atoms with Crippen molar-refractivity contribution in [2.75, 3.05) is 40.5 Å². The average molecular weight is 517 g/mol. The second-order valence-electron chi connectivity index (χ2n) is 10.8. The van der Waals surface area contributed by atoms with E-state index in [9.17, 15) is 9.59 Å². The van der Waals surface area contributed by atoms with Crippen LogP contribution in [0.2, 0.25) is 0 Å². The first-order valence-electron chi connectivity index (χ1n) is 13.0. The maximum atomic E-state index is 13.7. The molecule has 0 unspecified atom stereocenters. The molecule has 4 rings (SSSR count). The number of aryl methyl sites for hydroxylation is 2. The lowest BCUT2D eigenvalue weighted by Gasteiger charge is -2.36. The van der Waals surface area contributed by atoms with Gasteiger partial charge >= 0.3 is 6.09 Å². The summed E-state index contributed by atoms with van der Waals surface area (Å²) in [5.74, 6) is 0.649. The van der Waals surface area contributed by atoms with Gasteiger partial charge in [0.2, 0.25) is 0 Å². The summed E-state index contributed by atoms with van der Waals surface area (Å²) in [6.45, 7) is 10.2. The highest BCUT2D eigenvalue weighted by Gasteiger charge is 2.39.